The number of rotatable bonds is 9. The van der Waals surface area contributed by atoms with E-state index in [-0.39, 0.29) is 0 Å². The fourth-order valence-corrected chi connectivity index (χ4v) is 1.87. The molecule has 0 bridgehead atoms. The summed E-state index contributed by atoms with van der Waals surface area (Å²) in [7, 11) is 0. The van der Waals surface area contributed by atoms with E-state index in [1.165, 1.54) is 0 Å². The van der Waals surface area contributed by atoms with Crippen molar-refractivity contribution in [3.05, 3.63) is 24.3 Å². The Bertz CT molecular complexity index is 328. The summed E-state index contributed by atoms with van der Waals surface area (Å²) in [4.78, 5) is 0. The molecule has 0 aromatic heterocycles. The minimum atomic E-state index is 0.556. The summed E-state index contributed by atoms with van der Waals surface area (Å²) < 4.78 is 11.3. The maximum atomic E-state index is 5.77. The van der Waals surface area contributed by atoms with Crippen molar-refractivity contribution in [2.75, 3.05) is 19.8 Å². The average molecular weight is 251 g/mol. The van der Waals surface area contributed by atoms with Gasteiger partial charge in [0.2, 0.25) is 0 Å². The number of hydrogen-bond donors (Lipinski definition) is 1. The molecule has 0 saturated heterocycles. The molecule has 0 amide bonds. The van der Waals surface area contributed by atoms with Crippen molar-refractivity contribution in [1.82, 2.24) is 5.32 Å². The molecule has 1 unspecified atom stereocenters. The minimum absolute atomic E-state index is 0.556. The van der Waals surface area contributed by atoms with E-state index in [0.29, 0.717) is 12.6 Å². The van der Waals surface area contributed by atoms with Gasteiger partial charge in [0.1, 0.15) is 0 Å². The van der Waals surface area contributed by atoms with E-state index in [1.54, 1.807) is 0 Å². The number of para-hydroxylation sites is 2. The Hall–Kier alpha value is -1.22. The van der Waals surface area contributed by atoms with Gasteiger partial charge in [-0.05, 0) is 45.4 Å². The van der Waals surface area contributed by atoms with Crippen molar-refractivity contribution in [2.24, 2.45) is 0 Å². The van der Waals surface area contributed by atoms with Crippen molar-refractivity contribution in [1.29, 1.82) is 0 Å². The van der Waals surface area contributed by atoms with Gasteiger partial charge < -0.3 is 14.8 Å². The molecule has 102 valence electrons. The lowest BCUT2D eigenvalue weighted by atomic mass is 10.2. The van der Waals surface area contributed by atoms with Crippen molar-refractivity contribution in [3.63, 3.8) is 0 Å². The molecule has 1 N–H and O–H groups in total. The van der Waals surface area contributed by atoms with E-state index >= 15 is 0 Å². The first kappa shape index (κ1) is 14.8. The highest BCUT2D eigenvalue weighted by Gasteiger charge is 2.04. The highest BCUT2D eigenvalue weighted by atomic mass is 16.5. The van der Waals surface area contributed by atoms with E-state index in [0.717, 1.165) is 37.5 Å². The summed E-state index contributed by atoms with van der Waals surface area (Å²) in [5.41, 5.74) is 0. The van der Waals surface area contributed by atoms with Gasteiger partial charge in [0.15, 0.2) is 11.5 Å². The first-order valence-electron chi connectivity index (χ1n) is 6.85. The zero-order chi connectivity index (χ0) is 13.2. The molecule has 1 rings (SSSR count). The second kappa shape index (κ2) is 8.81. The van der Waals surface area contributed by atoms with Gasteiger partial charge in [-0.1, -0.05) is 19.1 Å². The molecule has 0 fully saturated rings. The fraction of sp³-hybridized carbons (Fsp3) is 0.600. The lowest BCUT2D eigenvalue weighted by Gasteiger charge is -2.14. The summed E-state index contributed by atoms with van der Waals surface area (Å²) in [6.07, 6.45) is 2.18. The van der Waals surface area contributed by atoms with Gasteiger partial charge >= 0.3 is 0 Å². The molecule has 0 spiro atoms. The minimum Gasteiger partial charge on any atom is -0.490 e. The maximum Gasteiger partial charge on any atom is 0.161 e. The normalized spacial score (nSPS) is 12.2. The Labute approximate surface area is 110 Å². The van der Waals surface area contributed by atoms with Crippen molar-refractivity contribution in [3.8, 4) is 11.5 Å². The van der Waals surface area contributed by atoms with E-state index in [2.05, 4.69) is 19.2 Å². The second-order valence-electron chi connectivity index (χ2n) is 4.33. The average Bonchev–Trinajstić information content (AvgIpc) is 2.37. The summed E-state index contributed by atoms with van der Waals surface area (Å²) in [5.74, 6) is 1.68. The van der Waals surface area contributed by atoms with Crippen LogP contribution in [-0.2, 0) is 0 Å². The highest BCUT2D eigenvalue weighted by Crippen LogP contribution is 2.26. The summed E-state index contributed by atoms with van der Waals surface area (Å²) in [6.45, 7) is 8.74. The molecule has 0 radical (unpaired) electrons. The topological polar surface area (TPSA) is 30.5 Å². The molecule has 0 heterocycles. The Morgan fingerprint density at radius 2 is 1.78 bits per heavy atom. The van der Waals surface area contributed by atoms with Gasteiger partial charge in [0.05, 0.1) is 13.2 Å². The third-order valence-electron chi connectivity index (χ3n) is 2.74. The predicted octanol–water partition coefficient (Wildman–Crippen LogP) is 3.24. The largest absolute Gasteiger partial charge is 0.490 e. The molecule has 18 heavy (non-hydrogen) atoms. The number of ether oxygens (including phenoxy) is 2. The van der Waals surface area contributed by atoms with Crippen LogP contribution in [0.25, 0.3) is 0 Å². The van der Waals surface area contributed by atoms with Gasteiger partial charge in [-0.15, -0.1) is 0 Å². The smallest absolute Gasteiger partial charge is 0.161 e. The standard InChI is InChI=1S/C15H25NO2/c1-4-16-13(3)9-8-12-18-15-11-7-6-10-14(15)17-5-2/h6-7,10-11,13,16H,4-5,8-9,12H2,1-3H3. The van der Waals surface area contributed by atoms with Crippen LogP contribution >= 0.6 is 0 Å². The van der Waals surface area contributed by atoms with Crippen LogP contribution in [0.1, 0.15) is 33.6 Å². The van der Waals surface area contributed by atoms with Gasteiger partial charge in [0, 0.05) is 6.04 Å². The highest BCUT2D eigenvalue weighted by molar-refractivity contribution is 5.39. The Balaban J connectivity index is 2.30. The second-order valence-corrected chi connectivity index (χ2v) is 4.33. The van der Waals surface area contributed by atoms with Gasteiger partial charge in [-0.3, -0.25) is 0 Å². The van der Waals surface area contributed by atoms with E-state index in [9.17, 15) is 0 Å². The Morgan fingerprint density at radius 1 is 1.11 bits per heavy atom. The van der Waals surface area contributed by atoms with Crippen LogP contribution in [0.15, 0.2) is 24.3 Å². The Morgan fingerprint density at radius 3 is 2.39 bits per heavy atom. The zero-order valence-corrected chi connectivity index (χ0v) is 11.7. The molecule has 3 nitrogen and oxygen atoms in total. The third kappa shape index (κ3) is 5.41. The van der Waals surface area contributed by atoms with E-state index in [1.807, 2.05) is 31.2 Å². The molecule has 0 saturated carbocycles. The van der Waals surface area contributed by atoms with Crippen LogP contribution < -0.4 is 14.8 Å². The van der Waals surface area contributed by atoms with E-state index in [4.69, 9.17) is 9.47 Å². The molecular weight excluding hydrogens is 226 g/mol. The van der Waals surface area contributed by atoms with Gasteiger partial charge in [0.25, 0.3) is 0 Å². The van der Waals surface area contributed by atoms with Crippen LogP contribution in [0.4, 0.5) is 0 Å². The molecule has 1 atom stereocenters. The van der Waals surface area contributed by atoms with Crippen LogP contribution in [0.2, 0.25) is 0 Å². The van der Waals surface area contributed by atoms with Crippen LogP contribution in [0.5, 0.6) is 11.5 Å². The number of hydrogen-bond acceptors (Lipinski definition) is 3. The molecule has 0 aliphatic carbocycles. The summed E-state index contributed by atoms with van der Waals surface area (Å²) >= 11 is 0. The van der Waals surface area contributed by atoms with Crippen molar-refractivity contribution in [2.45, 2.75) is 39.7 Å². The monoisotopic (exact) mass is 251 g/mol. The first-order chi connectivity index (χ1) is 8.77. The summed E-state index contributed by atoms with van der Waals surface area (Å²) in [6, 6.07) is 8.39. The molecule has 0 aliphatic heterocycles. The van der Waals surface area contributed by atoms with Crippen molar-refractivity contribution >= 4 is 0 Å². The zero-order valence-electron chi connectivity index (χ0n) is 11.7. The Kier molecular flexibility index (Phi) is 7.26. The van der Waals surface area contributed by atoms with Crippen LogP contribution in [-0.4, -0.2) is 25.8 Å². The molecular formula is C15H25NO2. The maximum absolute atomic E-state index is 5.77. The SMILES string of the molecule is CCNC(C)CCCOc1ccccc1OCC. The fourth-order valence-electron chi connectivity index (χ4n) is 1.87. The number of benzene rings is 1. The predicted molar refractivity (Wildman–Crippen MR) is 75.5 cm³/mol. The molecule has 0 aliphatic rings. The summed E-state index contributed by atoms with van der Waals surface area (Å²) in [5, 5.41) is 3.40. The van der Waals surface area contributed by atoms with Crippen molar-refractivity contribution < 1.29 is 9.47 Å². The third-order valence-corrected chi connectivity index (χ3v) is 2.74. The van der Waals surface area contributed by atoms with E-state index < -0.39 is 0 Å². The lowest BCUT2D eigenvalue weighted by molar-refractivity contribution is 0.267. The number of nitrogens with one attached hydrogen (secondary N) is 1. The quantitative estimate of drug-likeness (QED) is 0.683. The first-order valence-corrected chi connectivity index (χ1v) is 6.85. The van der Waals surface area contributed by atoms with Gasteiger partial charge in [-0.2, -0.15) is 0 Å². The molecule has 1 aromatic rings. The van der Waals surface area contributed by atoms with Gasteiger partial charge in [-0.25, -0.2) is 0 Å². The van der Waals surface area contributed by atoms with Crippen LogP contribution in [0, 0.1) is 0 Å². The molecule has 1 aromatic carbocycles. The molecule has 3 heteroatoms. The van der Waals surface area contributed by atoms with Crippen LogP contribution in [0.3, 0.4) is 0 Å². The lowest BCUT2D eigenvalue weighted by Crippen LogP contribution is -2.25.